The third kappa shape index (κ3) is 2.15. The van der Waals surface area contributed by atoms with Crippen molar-refractivity contribution in [2.45, 2.75) is 12.6 Å². The maximum absolute atomic E-state index is 14.4. The van der Waals surface area contributed by atoms with Crippen LogP contribution in [0.1, 0.15) is 43.0 Å². The van der Waals surface area contributed by atoms with Crippen LogP contribution in [0.4, 0.5) is 17.6 Å². The molecule has 0 spiro atoms. The van der Waals surface area contributed by atoms with Gasteiger partial charge in [-0.2, -0.15) is 8.78 Å². The van der Waals surface area contributed by atoms with Crippen molar-refractivity contribution < 1.29 is 27.2 Å². The molecule has 3 rings (SSSR count). The molecule has 124 valence electrons. The van der Waals surface area contributed by atoms with Crippen molar-refractivity contribution in [3.63, 3.8) is 0 Å². The maximum atomic E-state index is 14.4. The Hall–Kier alpha value is -2.58. The van der Waals surface area contributed by atoms with E-state index in [1.165, 1.54) is 24.3 Å². The number of carbonyl (C=O) groups is 2. The summed E-state index contributed by atoms with van der Waals surface area (Å²) in [6, 6.07) is 0.918. The number of alkyl halides is 2. The van der Waals surface area contributed by atoms with Gasteiger partial charge in [0.1, 0.15) is 0 Å². The van der Waals surface area contributed by atoms with Gasteiger partial charge in [0.05, 0.1) is 11.1 Å². The number of fused-ring (bicyclic) bond motifs is 3. The minimum absolute atomic E-state index is 0.0217. The average molecular weight is 338 g/mol. The van der Waals surface area contributed by atoms with Crippen molar-refractivity contribution in [3.05, 3.63) is 69.3 Å². The van der Waals surface area contributed by atoms with Crippen LogP contribution in [0.25, 0.3) is 0 Å². The van der Waals surface area contributed by atoms with Crippen molar-refractivity contribution in [1.29, 1.82) is 0 Å². The minimum Gasteiger partial charge on any atom is -0.326 e. The summed E-state index contributed by atoms with van der Waals surface area (Å²) >= 11 is 0. The van der Waals surface area contributed by atoms with E-state index in [2.05, 4.69) is 5.73 Å². The molecule has 2 aromatic carbocycles. The fraction of sp³-hybridized carbons (Fsp3) is 0.125. The molecule has 4 nitrogen and oxygen atoms in total. The monoisotopic (exact) mass is 338 g/mol. The molecular weight excluding hydrogens is 328 g/mol. The fourth-order valence-corrected chi connectivity index (χ4v) is 2.84. The Morgan fingerprint density at radius 2 is 1.50 bits per heavy atom. The van der Waals surface area contributed by atoms with E-state index < -0.39 is 58.0 Å². The highest BCUT2D eigenvalue weighted by Crippen LogP contribution is 2.37. The summed E-state index contributed by atoms with van der Waals surface area (Å²) in [4.78, 5) is 25.0. The molecule has 0 aromatic heterocycles. The molecule has 0 atom stereocenters. The van der Waals surface area contributed by atoms with Crippen molar-refractivity contribution in [3.8, 4) is 0 Å². The molecule has 2 bridgehead atoms. The van der Waals surface area contributed by atoms with E-state index in [1.54, 1.807) is 0 Å². The first-order valence-corrected chi connectivity index (χ1v) is 6.79. The fourth-order valence-electron chi connectivity index (χ4n) is 2.84. The van der Waals surface area contributed by atoms with Crippen LogP contribution in [-0.2, 0) is 12.6 Å². The first kappa shape index (κ1) is 16.3. The van der Waals surface area contributed by atoms with E-state index in [9.17, 15) is 27.2 Å². The second-order valence-corrected chi connectivity index (χ2v) is 5.30. The molecular formula is C16H10F4N2O2. The number of benzene rings is 2. The van der Waals surface area contributed by atoms with Crippen molar-refractivity contribution in [2.24, 2.45) is 11.5 Å². The van der Waals surface area contributed by atoms with Crippen LogP contribution in [-0.4, -0.2) is 11.6 Å². The Labute approximate surface area is 133 Å². The number of carbonyl (C=O) groups excluding carboxylic acids is 2. The number of halogens is 4. The maximum Gasteiger partial charge on any atom is 0.330 e. The van der Waals surface area contributed by atoms with Crippen LogP contribution >= 0.6 is 0 Å². The smallest absolute Gasteiger partial charge is 0.326 e. The third-order valence-electron chi connectivity index (χ3n) is 3.86. The summed E-state index contributed by atoms with van der Waals surface area (Å²) < 4.78 is 55.8. The highest BCUT2D eigenvalue weighted by molar-refractivity contribution is 6.23. The van der Waals surface area contributed by atoms with Gasteiger partial charge in [-0.1, -0.05) is 18.2 Å². The van der Waals surface area contributed by atoms with Gasteiger partial charge < -0.3 is 5.73 Å². The van der Waals surface area contributed by atoms with Gasteiger partial charge >= 0.3 is 6.05 Å². The van der Waals surface area contributed by atoms with E-state index in [1.807, 2.05) is 0 Å². The van der Waals surface area contributed by atoms with Crippen LogP contribution in [0, 0.1) is 11.6 Å². The standard InChI is InChI=1S/C16H10F4N2O2/c17-12-10-9(8(5-21)11(13(12)18)16(19,20)22)14(23)6-2-1-3-7(4-6)15(10)24/h1-4H,5,21-22H2. The Bertz CT molecular complexity index is 904. The van der Waals surface area contributed by atoms with Gasteiger partial charge in [0, 0.05) is 23.2 Å². The summed E-state index contributed by atoms with van der Waals surface area (Å²) in [6.45, 7) is -0.725. The molecule has 2 aromatic rings. The molecule has 24 heavy (non-hydrogen) atoms. The first-order valence-electron chi connectivity index (χ1n) is 6.79. The molecule has 1 aliphatic carbocycles. The SMILES string of the molecule is NCc1c2c(c(F)c(F)c1C(N)(F)F)C(=O)c1cccc(c1)C2=O. The minimum atomic E-state index is -4.27. The molecule has 0 aliphatic heterocycles. The summed E-state index contributed by atoms with van der Waals surface area (Å²) in [6.07, 6.45) is 0. The topological polar surface area (TPSA) is 86.2 Å². The number of hydrogen-bond acceptors (Lipinski definition) is 4. The highest BCUT2D eigenvalue weighted by atomic mass is 19.3. The van der Waals surface area contributed by atoms with Gasteiger partial charge in [-0.05, 0) is 11.6 Å². The molecule has 0 amide bonds. The lowest BCUT2D eigenvalue weighted by Gasteiger charge is -2.21. The molecule has 8 heteroatoms. The molecule has 0 fully saturated rings. The molecule has 0 unspecified atom stereocenters. The summed E-state index contributed by atoms with van der Waals surface area (Å²) in [5.74, 6) is -5.72. The Kier molecular flexibility index (Phi) is 3.54. The van der Waals surface area contributed by atoms with Gasteiger partial charge in [0.15, 0.2) is 23.2 Å². The first-order chi connectivity index (χ1) is 11.2. The van der Waals surface area contributed by atoms with Gasteiger partial charge in [0.25, 0.3) is 0 Å². The van der Waals surface area contributed by atoms with Gasteiger partial charge in [-0.3, -0.25) is 15.3 Å². The largest absolute Gasteiger partial charge is 0.330 e. The van der Waals surface area contributed by atoms with Crippen molar-refractivity contribution in [1.82, 2.24) is 0 Å². The predicted molar refractivity (Wildman–Crippen MR) is 75.6 cm³/mol. The zero-order valence-corrected chi connectivity index (χ0v) is 12.0. The van der Waals surface area contributed by atoms with Gasteiger partial charge in [-0.15, -0.1) is 0 Å². The van der Waals surface area contributed by atoms with Crippen LogP contribution in [0.5, 0.6) is 0 Å². The van der Waals surface area contributed by atoms with Crippen molar-refractivity contribution in [2.75, 3.05) is 0 Å². The lowest BCUT2D eigenvalue weighted by Crippen LogP contribution is -2.32. The number of ketones is 2. The van der Waals surface area contributed by atoms with E-state index >= 15 is 0 Å². The highest BCUT2D eigenvalue weighted by Gasteiger charge is 2.41. The van der Waals surface area contributed by atoms with Gasteiger partial charge in [-0.25, -0.2) is 8.78 Å². The summed E-state index contributed by atoms with van der Waals surface area (Å²) in [5.41, 5.74) is 6.15. The molecule has 0 saturated heterocycles. The van der Waals surface area contributed by atoms with Gasteiger partial charge in [0.2, 0.25) is 0 Å². The van der Waals surface area contributed by atoms with E-state index in [4.69, 9.17) is 5.73 Å². The molecule has 0 radical (unpaired) electrons. The predicted octanol–water partition coefficient (Wildman–Crippen LogP) is 2.21. The van der Waals surface area contributed by atoms with Crippen LogP contribution in [0.3, 0.4) is 0 Å². The zero-order valence-electron chi connectivity index (χ0n) is 12.0. The Balaban J connectivity index is 2.52. The normalized spacial score (nSPS) is 13.8. The molecule has 1 aliphatic rings. The van der Waals surface area contributed by atoms with E-state index in [-0.39, 0.29) is 11.1 Å². The van der Waals surface area contributed by atoms with E-state index in [0.29, 0.717) is 0 Å². The van der Waals surface area contributed by atoms with Crippen LogP contribution in [0.2, 0.25) is 0 Å². The summed E-state index contributed by atoms with van der Waals surface area (Å²) in [7, 11) is 0. The number of rotatable bonds is 2. The van der Waals surface area contributed by atoms with E-state index in [0.717, 1.165) is 0 Å². The van der Waals surface area contributed by atoms with Crippen LogP contribution in [0.15, 0.2) is 24.3 Å². The third-order valence-corrected chi connectivity index (χ3v) is 3.86. The number of nitrogens with two attached hydrogens (primary N) is 2. The zero-order chi connectivity index (χ0) is 17.8. The van der Waals surface area contributed by atoms with Crippen molar-refractivity contribution >= 4 is 11.6 Å². The van der Waals surface area contributed by atoms with Crippen LogP contribution < -0.4 is 11.5 Å². The molecule has 0 heterocycles. The summed E-state index contributed by atoms with van der Waals surface area (Å²) in [5, 5.41) is 0. The Morgan fingerprint density at radius 3 is 2.00 bits per heavy atom. The Morgan fingerprint density at radius 1 is 0.958 bits per heavy atom. The lowest BCUT2D eigenvalue weighted by molar-refractivity contribution is -0.00230. The molecule has 0 saturated carbocycles. The second-order valence-electron chi connectivity index (χ2n) is 5.30. The lowest BCUT2D eigenvalue weighted by atomic mass is 9.88. The second kappa shape index (κ2) is 5.22. The quantitative estimate of drug-likeness (QED) is 0.554. The molecule has 4 N–H and O–H groups in total. The number of hydrogen-bond donors (Lipinski definition) is 2. The average Bonchev–Trinajstić information content (AvgIpc) is 2.59.